The van der Waals surface area contributed by atoms with Gasteiger partial charge in [-0.3, -0.25) is 4.99 Å². The van der Waals surface area contributed by atoms with Crippen LogP contribution in [0.2, 0.25) is 0 Å². The summed E-state index contributed by atoms with van der Waals surface area (Å²) in [5.41, 5.74) is 1.06. The number of guanidine groups is 1. The van der Waals surface area contributed by atoms with Crippen LogP contribution in [0.15, 0.2) is 23.3 Å². The van der Waals surface area contributed by atoms with E-state index in [9.17, 15) is 0 Å². The van der Waals surface area contributed by atoms with Crippen molar-refractivity contribution in [3.05, 3.63) is 23.9 Å². The van der Waals surface area contributed by atoms with Gasteiger partial charge >= 0.3 is 0 Å². The Bertz CT molecular complexity index is 533. The molecule has 1 aromatic rings. The lowest BCUT2D eigenvalue weighted by Gasteiger charge is -2.39. The number of rotatable bonds is 5. The van der Waals surface area contributed by atoms with Gasteiger partial charge < -0.3 is 15.0 Å². The number of hydrogen-bond donors (Lipinski definition) is 1. The molecule has 1 fully saturated rings. The predicted molar refractivity (Wildman–Crippen MR) is 98.3 cm³/mol. The average Bonchev–Trinajstić information content (AvgIpc) is 2.53. The molecule has 2 heterocycles. The minimum atomic E-state index is 0.263. The highest BCUT2D eigenvalue weighted by Gasteiger charge is 2.28. The molecule has 0 saturated carbocycles. The second-order valence-electron chi connectivity index (χ2n) is 6.25. The fourth-order valence-electron chi connectivity index (χ4n) is 2.59. The Hall–Kier alpha value is -1.43. The Morgan fingerprint density at radius 1 is 1.52 bits per heavy atom. The van der Waals surface area contributed by atoms with Crippen LogP contribution in [-0.2, 0) is 6.54 Å². The highest BCUT2D eigenvalue weighted by atomic mass is 32.2. The van der Waals surface area contributed by atoms with Crippen molar-refractivity contribution in [1.82, 2.24) is 15.2 Å². The Morgan fingerprint density at radius 3 is 3.04 bits per heavy atom. The highest BCUT2D eigenvalue weighted by Crippen LogP contribution is 2.29. The molecule has 1 aliphatic rings. The first-order valence-corrected chi connectivity index (χ1v) is 9.20. The minimum Gasteiger partial charge on any atom is -0.477 e. The Kier molecular flexibility index (Phi) is 6.57. The smallest absolute Gasteiger partial charge is 0.218 e. The van der Waals surface area contributed by atoms with Crippen LogP contribution in [0.4, 0.5) is 0 Å². The maximum atomic E-state index is 5.72. The van der Waals surface area contributed by atoms with Crippen molar-refractivity contribution < 1.29 is 4.74 Å². The van der Waals surface area contributed by atoms with E-state index in [0.29, 0.717) is 19.0 Å². The van der Waals surface area contributed by atoms with Gasteiger partial charge in [0.25, 0.3) is 0 Å². The summed E-state index contributed by atoms with van der Waals surface area (Å²) in [6, 6.07) is 3.99. The van der Waals surface area contributed by atoms with Crippen LogP contribution in [0, 0.1) is 0 Å². The van der Waals surface area contributed by atoms with E-state index in [-0.39, 0.29) is 4.75 Å². The van der Waals surface area contributed by atoms with Crippen molar-refractivity contribution in [3.63, 3.8) is 0 Å². The normalized spacial score (nSPS) is 17.9. The molecule has 1 saturated heterocycles. The van der Waals surface area contributed by atoms with Crippen molar-refractivity contribution >= 4 is 17.7 Å². The molecule has 2 rings (SSSR count). The number of pyridine rings is 1. The van der Waals surface area contributed by atoms with Crippen molar-refractivity contribution in [3.8, 4) is 5.88 Å². The molecule has 6 heteroatoms. The van der Waals surface area contributed by atoms with Crippen LogP contribution in [0.5, 0.6) is 5.88 Å². The number of nitrogens with one attached hydrogen (secondary N) is 1. The van der Waals surface area contributed by atoms with E-state index in [1.165, 1.54) is 0 Å². The van der Waals surface area contributed by atoms with Gasteiger partial charge in [-0.05, 0) is 26.3 Å². The predicted octanol–water partition coefficient (Wildman–Crippen LogP) is 2.77. The number of thioether (sulfide) groups is 1. The molecule has 1 aromatic heterocycles. The van der Waals surface area contributed by atoms with Gasteiger partial charge in [0.2, 0.25) is 5.88 Å². The van der Waals surface area contributed by atoms with Crippen LogP contribution in [0.3, 0.4) is 0 Å². The number of hydrogen-bond acceptors (Lipinski definition) is 4. The van der Waals surface area contributed by atoms with Gasteiger partial charge in [-0.1, -0.05) is 13.0 Å². The number of ether oxygens (including phenoxy) is 1. The van der Waals surface area contributed by atoms with Crippen molar-refractivity contribution in [2.75, 3.05) is 32.5 Å². The third-order valence-electron chi connectivity index (χ3n) is 3.67. The van der Waals surface area contributed by atoms with E-state index < -0.39 is 0 Å². The molecule has 0 bridgehead atoms. The summed E-state index contributed by atoms with van der Waals surface area (Å²) in [6.45, 7) is 10.1. The van der Waals surface area contributed by atoms with Crippen molar-refractivity contribution in [1.29, 1.82) is 0 Å². The quantitative estimate of drug-likeness (QED) is 0.662. The summed E-state index contributed by atoms with van der Waals surface area (Å²) in [4.78, 5) is 11.1. The van der Waals surface area contributed by atoms with E-state index in [1.807, 2.05) is 30.9 Å². The third-order valence-corrected chi connectivity index (χ3v) is 4.96. The summed E-state index contributed by atoms with van der Waals surface area (Å²) >= 11 is 2.02. The molecule has 0 aliphatic carbocycles. The lowest BCUT2D eigenvalue weighted by atomic mass is 10.2. The molecule has 0 radical (unpaired) electrons. The molecule has 5 nitrogen and oxygen atoms in total. The fourth-order valence-corrected chi connectivity index (χ4v) is 3.70. The van der Waals surface area contributed by atoms with Gasteiger partial charge in [-0.25, -0.2) is 4.98 Å². The Labute approximate surface area is 143 Å². The molecule has 128 valence electrons. The van der Waals surface area contributed by atoms with Crippen LogP contribution < -0.4 is 10.1 Å². The van der Waals surface area contributed by atoms with Gasteiger partial charge in [0.15, 0.2) is 5.96 Å². The van der Waals surface area contributed by atoms with E-state index in [0.717, 1.165) is 36.8 Å². The SMILES string of the molecule is CCCOc1ncccc1CNC(=NC)N1CCSC(C)(C)C1. The molecule has 1 aliphatic heterocycles. The second-order valence-corrected chi connectivity index (χ2v) is 8.05. The number of nitrogens with zero attached hydrogens (tertiary/aromatic N) is 3. The average molecular weight is 337 g/mol. The largest absolute Gasteiger partial charge is 0.477 e. The maximum Gasteiger partial charge on any atom is 0.218 e. The minimum absolute atomic E-state index is 0.263. The van der Waals surface area contributed by atoms with Gasteiger partial charge in [0, 0.05) is 48.9 Å². The fraction of sp³-hybridized carbons (Fsp3) is 0.647. The van der Waals surface area contributed by atoms with Crippen LogP contribution in [0.1, 0.15) is 32.8 Å². The second kappa shape index (κ2) is 8.43. The molecule has 0 aromatic carbocycles. The monoisotopic (exact) mass is 336 g/mol. The zero-order valence-corrected chi connectivity index (χ0v) is 15.4. The van der Waals surface area contributed by atoms with Gasteiger partial charge in [0.05, 0.1) is 6.61 Å². The molecule has 0 atom stereocenters. The zero-order chi connectivity index (χ0) is 16.7. The van der Waals surface area contributed by atoms with Crippen molar-refractivity contribution in [2.24, 2.45) is 4.99 Å². The third kappa shape index (κ3) is 5.30. The van der Waals surface area contributed by atoms with Crippen LogP contribution in [-0.4, -0.2) is 53.1 Å². The zero-order valence-electron chi connectivity index (χ0n) is 14.6. The van der Waals surface area contributed by atoms with E-state index >= 15 is 0 Å². The number of aromatic nitrogens is 1. The topological polar surface area (TPSA) is 49.8 Å². The highest BCUT2D eigenvalue weighted by molar-refractivity contribution is 8.00. The molecular weight excluding hydrogens is 308 g/mol. The Morgan fingerprint density at radius 2 is 2.35 bits per heavy atom. The lowest BCUT2D eigenvalue weighted by Crippen LogP contribution is -2.50. The van der Waals surface area contributed by atoms with Crippen LogP contribution in [0.25, 0.3) is 0 Å². The standard InChI is InChI=1S/C17H28N4OS/c1-5-10-22-15-14(7-6-8-19-15)12-20-16(18-4)21-9-11-23-17(2,3)13-21/h6-8H,5,9-13H2,1-4H3,(H,18,20). The molecule has 1 N–H and O–H groups in total. The van der Waals surface area contributed by atoms with Gasteiger partial charge in [-0.15, -0.1) is 0 Å². The molecule has 0 unspecified atom stereocenters. The van der Waals surface area contributed by atoms with Gasteiger partial charge in [0.1, 0.15) is 0 Å². The molecule has 0 amide bonds. The lowest BCUT2D eigenvalue weighted by molar-refractivity contribution is 0.301. The first kappa shape index (κ1) is 17.9. The molecule has 0 spiro atoms. The van der Waals surface area contributed by atoms with Crippen LogP contribution >= 0.6 is 11.8 Å². The van der Waals surface area contributed by atoms with E-state index in [4.69, 9.17) is 4.74 Å². The first-order chi connectivity index (χ1) is 11.1. The first-order valence-electron chi connectivity index (χ1n) is 8.22. The van der Waals surface area contributed by atoms with E-state index in [1.54, 1.807) is 6.20 Å². The Balaban J connectivity index is 1.98. The maximum absolute atomic E-state index is 5.72. The number of aliphatic imine (C=N–C) groups is 1. The summed E-state index contributed by atoms with van der Waals surface area (Å²) in [5.74, 6) is 2.79. The molecule has 23 heavy (non-hydrogen) atoms. The molecular formula is C17H28N4OS. The summed E-state index contributed by atoms with van der Waals surface area (Å²) in [6.07, 6.45) is 2.75. The summed E-state index contributed by atoms with van der Waals surface area (Å²) in [7, 11) is 1.84. The summed E-state index contributed by atoms with van der Waals surface area (Å²) < 4.78 is 5.99. The van der Waals surface area contributed by atoms with Crippen molar-refractivity contribution in [2.45, 2.75) is 38.5 Å². The van der Waals surface area contributed by atoms with E-state index in [2.05, 4.69) is 41.0 Å². The van der Waals surface area contributed by atoms with Gasteiger partial charge in [-0.2, -0.15) is 11.8 Å². The summed E-state index contributed by atoms with van der Waals surface area (Å²) in [5, 5.41) is 3.46.